The molecular formula is C19H28N4O4. The lowest BCUT2D eigenvalue weighted by Gasteiger charge is -2.37. The van der Waals surface area contributed by atoms with E-state index < -0.39 is 5.79 Å². The fourth-order valence-electron chi connectivity index (χ4n) is 4.19. The molecule has 1 N–H and O–H groups in total. The molecule has 8 heteroatoms. The highest BCUT2D eigenvalue weighted by molar-refractivity contribution is 5.97. The van der Waals surface area contributed by atoms with Crippen LogP contribution in [0.1, 0.15) is 65.8 Å². The van der Waals surface area contributed by atoms with Crippen molar-refractivity contribution in [3.05, 3.63) is 17.2 Å². The van der Waals surface area contributed by atoms with Crippen LogP contribution in [0.15, 0.2) is 0 Å². The molecule has 3 aliphatic heterocycles. The first-order valence-corrected chi connectivity index (χ1v) is 10.1. The number of nitrogens with zero attached hydrogens (tertiary/aromatic N) is 3. The van der Waals surface area contributed by atoms with Crippen LogP contribution >= 0.6 is 0 Å². The van der Waals surface area contributed by atoms with Gasteiger partial charge >= 0.3 is 0 Å². The smallest absolute Gasteiger partial charge is 0.289 e. The van der Waals surface area contributed by atoms with Crippen LogP contribution in [0.4, 0.5) is 0 Å². The van der Waals surface area contributed by atoms with Gasteiger partial charge in [-0.05, 0) is 25.7 Å². The van der Waals surface area contributed by atoms with Gasteiger partial charge in [-0.2, -0.15) is 0 Å². The number of carbonyl (C=O) groups excluding carboxylic acids is 2. The zero-order valence-corrected chi connectivity index (χ0v) is 16.0. The minimum Gasteiger partial charge on any atom is -0.351 e. The first-order chi connectivity index (χ1) is 13.1. The summed E-state index contributed by atoms with van der Waals surface area (Å²) in [6.45, 7) is 5.78. The van der Waals surface area contributed by atoms with E-state index in [-0.39, 0.29) is 11.8 Å². The molecule has 1 aromatic rings. The molecule has 2 saturated heterocycles. The molecule has 1 spiro atoms. The van der Waals surface area contributed by atoms with Crippen LogP contribution in [0.5, 0.6) is 0 Å². The Morgan fingerprint density at radius 1 is 1.15 bits per heavy atom. The highest BCUT2D eigenvalue weighted by Gasteiger charge is 2.41. The van der Waals surface area contributed by atoms with Gasteiger partial charge in [-0.15, -0.1) is 0 Å². The average molecular weight is 376 g/mol. The number of hydrogen-bond donors (Lipinski definition) is 1. The lowest BCUT2D eigenvalue weighted by Crippen LogP contribution is -2.47. The largest absolute Gasteiger partial charge is 0.351 e. The van der Waals surface area contributed by atoms with Gasteiger partial charge in [0.25, 0.3) is 11.8 Å². The SMILES string of the molecule is CCCNC(=O)c1nc(C(=O)N2CCC3(CC2)OCCO3)n2c1CCCC2. The van der Waals surface area contributed by atoms with E-state index in [2.05, 4.69) is 10.3 Å². The standard InChI is InChI=1S/C19H28N4O4/c1-2-8-20-17(24)15-14-5-3-4-9-23(14)16(21-15)18(25)22-10-6-19(7-11-22)26-12-13-27-19/h2-13H2,1H3,(H,20,24). The monoisotopic (exact) mass is 376 g/mol. The molecule has 1 aromatic heterocycles. The summed E-state index contributed by atoms with van der Waals surface area (Å²) in [5, 5.41) is 2.89. The van der Waals surface area contributed by atoms with Gasteiger partial charge in [0, 0.05) is 39.0 Å². The van der Waals surface area contributed by atoms with Crippen LogP contribution in [-0.4, -0.2) is 64.9 Å². The molecule has 0 aliphatic carbocycles. The molecule has 2 amide bonds. The number of nitrogens with one attached hydrogen (secondary N) is 1. The lowest BCUT2D eigenvalue weighted by molar-refractivity contribution is -0.181. The summed E-state index contributed by atoms with van der Waals surface area (Å²) < 4.78 is 13.4. The van der Waals surface area contributed by atoms with Crippen molar-refractivity contribution in [2.75, 3.05) is 32.8 Å². The first kappa shape index (κ1) is 18.4. The number of hydrogen-bond acceptors (Lipinski definition) is 5. The van der Waals surface area contributed by atoms with Crippen molar-refractivity contribution in [1.82, 2.24) is 19.8 Å². The Balaban J connectivity index is 1.53. The van der Waals surface area contributed by atoms with Gasteiger partial charge in [-0.3, -0.25) is 9.59 Å². The maximum atomic E-state index is 13.2. The third kappa shape index (κ3) is 3.48. The number of rotatable bonds is 4. The maximum Gasteiger partial charge on any atom is 0.289 e. The summed E-state index contributed by atoms with van der Waals surface area (Å²) in [7, 11) is 0. The van der Waals surface area contributed by atoms with Gasteiger partial charge in [0.2, 0.25) is 0 Å². The second kappa shape index (κ2) is 7.59. The van der Waals surface area contributed by atoms with E-state index in [1.54, 1.807) is 0 Å². The zero-order chi connectivity index (χ0) is 18.9. The molecule has 3 aliphatic rings. The fourth-order valence-corrected chi connectivity index (χ4v) is 4.19. The summed E-state index contributed by atoms with van der Waals surface area (Å²) in [5.41, 5.74) is 1.32. The number of ether oxygens (including phenoxy) is 2. The number of piperidine rings is 1. The van der Waals surface area contributed by atoms with Gasteiger partial charge in [0.05, 0.1) is 18.9 Å². The summed E-state index contributed by atoms with van der Waals surface area (Å²) in [6, 6.07) is 0. The molecule has 148 valence electrons. The number of aromatic nitrogens is 2. The van der Waals surface area contributed by atoms with Crippen LogP contribution in [0.2, 0.25) is 0 Å². The van der Waals surface area contributed by atoms with Crippen molar-refractivity contribution >= 4 is 11.8 Å². The van der Waals surface area contributed by atoms with E-state index in [1.165, 1.54) is 0 Å². The Hall–Kier alpha value is -1.93. The van der Waals surface area contributed by atoms with Crippen LogP contribution in [0, 0.1) is 0 Å². The third-order valence-electron chi connectivity index (χ3n) is 5.69. The third-order valence-corrected chi connectivity index (χ3v) is 5.69. The number of fused-ring (bicyclic) bond motifs is 1. The minimum absolute atomic E-state index is 0.0967. The molecule has 4 rings (SSSR count). The second-order valence-corrected chi connectivity index (χ2v) is 7.50. The predicted molar refractivity (Wildman–Crippen MR) is 97.6 cm³/mol. The molecule has 0 unspecified atom stereocenters. The van der Waals surface area contributed by atoms with Crippen molar-refractivity contribution in [2.24, 2.45) is 0 Å². The normalized spacial score (nSPS) is 21.3. The molecule has 0 atom stereocenters. The molecule has 2 fully saturated rings. The topological polar surface area (TPSA) is 85.7 Å². The number of imidazole rings is 1. The van der Waals surface area contributed by atoms with Gasteiger partial charge in [0.15, 0.2) is 11.6 Å². The maximum absolute atomic E-state index is 13.2. The van der Waals surface area contributed by atoms with Crippen LogP contribution in [0.3, 0.4) is 0 Å². The van der Waals surface area contributed by atoms with Gasteiger partial charge in [-0.25, -0.2) is 4.98 Å². The zero-order valence-electron chi connectivity index (χ0n) is 16.0. The van der Waals surface area contributed by atoms with Gasteiger partial charge < -0.3 is 24.3 Å². The van der Waals surface area contributed by atoms with Crippen LogP contribution in [0.25, 0.3) is 0 Å². The quantitative estimate of drug-likeness (QED) is 0.857. The van der Waals surface area contributed by atoms with Crippen molar-refractivity contribution < 1.29 is 19.1 Å². The van der Waals surface area contributed by atoms with E-state index in [1.807, 2.05) is 16.4 Å². The summed E-state index contributed by atoms with van der Waals surface area (Å²) in [6.07, 6.45) is 5.04. The van der Waals surface area contributed by atoms with Crippen LogP contribution < -0.4 is 5.32 Å². The Morgan fingerprint density at radius 2 is 1.89 bits per heavy atom. The minimum atomic E-state index is -0.506. The molecule has 0 radical (unpaired) electrons. The molecule has 27 heavy (non-hydrogen) atoms. The van der Waals surface area contributed by atoms with Gasteiger partial charge in [0.1, 0.15) is 5.69 Å². The van der Waals surface area contributed by atoms with E-state index in [4.69, 9.17) is 9.47 Å². The molecular weight excluding hydrogens is 348 g/mol. The Labute approximate surface area is 159 Å². The Bertz CT molecular complexity index is 714. The van der Waals surface area contributed by atoms with E-state index in [0.29, 0.717) is 57.2 Å². The van der Waals surface area contributed by atoms with Crippen molar-refractivity contribution in [3.8, 4) is 0 Å². The van der Waals surface area contributed by atoms with Crippen molar-refractivity contribution in [2.45, 2.75) is 57.8 Å². The first-order valence-electron chi connectivity index (χ1n) is 10.1. The van der Waals surface area contributed by atoms with E-state index >= 15 is 0 Å². The average Bonchev–Trinajstić information content (AvgIpc) is 3.31. The summed E-state index contributed by atoms with van der Waals surface area (Å²) in [4.78, 5) is 32.0. The van der Waals surface area contributed by atoms with Crippen molar-refractivity contribution in [1.29, 1.82) is 0 Å². The van der Waals surface area contributed by atoms with Crippen molar-refractivity contribution in [3.63, 3.8) is 0 Å². The summed E-state index contributed by atoms with van der Waals surface area (Å²) >= 11 is 0. The van der Waals surface area contributed by atoms with Crippen LogP contribution in [-0.2, 0) is 22.4 Å². The molecule has 4 heterocycles. The summed E-state index contributed by atoms with van der Waals surface area (Å²) in [5.74, 6) is -0.378. The van der Waals surface area contributed by atoms with E-state index in [9.17, 15) is 9.59 Å². The highest BCUT2D eigenvalue weighted by Crippen LogP contribution is 2.32. The Kier molecular flexibility index (Phi) is 5.19. The number of amides is 2. The van der Waals surface area contributed by atoms with Gasteiger partial charge in [-0.1, -0.05) is 6.92 Å². The Morgan fingerprint density at radius 3 is 2.59 bits per heavy atom. The highest BCUT2D eigenvalue weighted by atomic mass is 16.7. The molecule has 8 nitrogen and oxygen atoms in total. The number of carbonyl (C=O) groups is 2. The fraction of sp³-hybridized carbons (Fsp3) is 0.737. The second-order valence-electron chi connectivity index (χ2n) is 7.50. The predicted octanol–water partition coefficient (Wildman–Crippen LogP) is 1.34. The lowest BCUT2D eigenvalue weighted by atomic mass is 10.0. The number of likely N-dealkylation sites (tertiary alicyclic amines) is 1. The molecule has 0 saturated carbocycles. The van der Waals surface area contributed by atoms with E-state index in [0.717, 1.165) is 37.9 Å². The molecule has 0 bridgehead atoms. The molecule has 0 aromatic carbocycles.